The Labute approximate surface area is 109 Å². The average molecular weight is 256 g/mol. The largest absolute Gasteiger partial charge is 0.481 e. The van der Waals surface area contributed by atoms with Gasteiger partial charge in [-0.25, -0.2) is 0 Å². The molecule has 0 aliphatic heterocycles. The zero-order valence-corrected chi connectivity index (χ0v) is 11.8. The lowest BCUT2D eigenvalue weighted by molar-refractivity contribution is -0.139. The first kappa shape index (κ1) is 15.0. The fourth-order valence-electron chi connectivity index (χ4n) is 1.82. The number of hydrogen-bond donors (Lipinski definition) is 1. The van der Waals surface area contributed by atoms with Crippen LogP contribution >= 0.6 is 0 Å². The van der Waals surface area contributed by atoms with E-state index in [0.29, 0.717) is 19.1 Å². The minimum absolute atomic E-state index is 0.0672. The third-order valence-corrected chi connectivity index (χ3v) is 3.36. The maximum atomic E-state index is 12.1. The summed E-state index contributed by atoms with van der Waals surface area (Å²) in [6.45, 7) is 6.70. The zero-order valence-electron chi connectivity index (χ0n) is 11.8. The molecule has 1 amide bonds. The molecule has 0 saturated heterocycles. The molecule has 0 aromatic carbocycles. The summed E-state index contributed by atoms with van der Waals surface area (Å²) in [5, 5.41) is 8.75. The molecule has 5 nitrogen and oxygen atoms in total. The second-order valence-corrected chi connectivity index (χ2v) is 5.97. The third-order valence-electron chi connectivity index (χ3n) is 3.36. The molecule has 1 rings (SSSR count). The van der Waals surface area contributed by atoms with E-state index in [0.717, 1.165) is 12.8 Å². The Morgan fingerprint density at radius 3 is 2.22 bits per heavy atom. The quantitative estimate of drug-likeness (QED) is 0.775. The van der Waals surface area contributed by atoms with Crippen molar-refractivity contribution < 1.29 is 14.7 Å². The van der Waals surface area contributed by atoms with Crippen LogP contribution in [0.5, 0.6) is 0 Å². The number of carbonyl (C=O) groups is 2. The van der Waals surface area contributed by atoms with E-state index in [-0.39, 0.29) is 17.9 Å². The summed E-state index contributed by atoms with van der Waals surface area (Å²) in [7, 11) is 1.83. The summed E-state index contributed by atoms with van der Waals surface area (Å²) >= 11 is 0. The monoisotopic (exact) mass is 256 g/mol. The molecule has 0 heterocycles. The highest BCUT2D eigenvalue weighted by atomic mass is 16.4. The normalized spacial score (nSPS) is 15.8. The zero-order chi connectivity index (χ0) is 13.9. The number of amides is 1. The summed E-state index contributed by atoms with van der Waals surface area (Å²) in [5.41, 5.74) is -0.199. The number of aliphatic carboxylic acids is 1. The van der Waals surface area contributed by atoms with Gasteiger partial charge in [0, 0.05) is 25.2 Å². The Morgan fingerprint density at radius 2 is 1.83 bits per heavy atom. The van der Waals surface area contributed by atoms with Gasteiger partial charge in [0.2, 0.25) is 5.91 Å². The summed E-state index contributed by atoms with van der Waals surface area (Å²) < 4.78 is 0. The highest BCUT2D eigenvalue weighted by Gasteiger charge is 2.32. The van der Waals surface area contributed by atoms with Gasteiger partial charge in [-0.2, -0.15) is 0 Å². The van der Waals surface area contributed by atoms with Crippen LogP contribution in [0.2, 0.25) is 0 Å². The smallest absolute Gasteiger partial charge is 0.304 e. The van der Waals surface area contributed by atoms with E-state index in [1.165, 1.54) is 0 Å². The summed E-state index contributed by atoms with van der Waals surface area (Å²) in [5.74, 6) is -0.745. The first-order chi connectivity index (χ1) is 8.21. The van der Waals surface area contributed by atoms with Gasteiger partial charge in [0.05, 0.1) is 13.0 Å². The lowest BCUT2D eigenvalue weighted by atomic mass is 10.1. The van der Waals surface area contributed by atoms with Crippen LogP contribution < -0.4 is 0 Å². The van der Waals surface area contributed by atoms with Gasteiger partial charge in [-0.1, -0.05) is 0 Å². The van der Waals surface area contributed by atoms with Crippen molar-refractivity contribution >= 4 is 11.9 Å². The van der Waals surface area contributed by atoms with Crippen LogP contribution in [-0.4, -0.2) is 58.5 Å². The number of carbonyl (C=O) groups excluding carboxylic acids is 1. The van der Waals surface area contributed by atoms with Gasteiger partial charge >= 0.3 is 5.97 Å². The minimum atomic E-state index is -0.827. The summed E-state index contributed by atoms with van der Waals surface area (Å²) in [6, 6.07) is 0.402. The van der Waals surface area contributed by atoms with Crippen molar-refractivity contribution in [2.24, 2.45) is 0 Å². The Kier molecular flexibility index (Phi) is 4.73. The van der Waals surface area contributed by atoms with Crippen LogP contribution in [0.1, 0.15) is 40.0 Å². The first-order valence-electron chi connectivity index (χ1n) is 6.44. The minimum Gasteiger partial charge on any atom is -0.481 e. The molecule has 1 N–H and O–H groups in total. The molecular weight excluding hydrogens is 232 g/mol. The summed E-state index contributed by atoms with van der Waals surface area (Å²) in [4.78, 5) is 26.4. The van der Waals surface area contributed by atoms with E-state index in [9.17, 15) is 9.59 Å². The second kappa shape index (κ2) is 5.69. The van der Waals surface area contributed by atoms with Crippen molar-refractivity contribution in [1.29, 1.82) is 0 Å². The maximum Gasteiger partial charge on any atom is 0.304 e. The fourth-order valence-corrected chi connectivity index (χ4v) is 1.82. The number of hydrogen-bond acceptors (Lipinski definition) is 3. The lowest BCUT2D eigenvalue weighted by Crippen LogP contribution is -2.48. The van der Waals surface area contributed by atoms with E-state index >= 15 is 0 Å². The molecule has 0 spiro atoms. The fraction of sp³-hybridized carbons (Fsp3) is 0.846. The number of carboxylic acids is 1. The highest BCUT2D eigenvalue weighted by Crippen LogP contribution is 2.25. The van der Waals surface area contributed by atoms with Crippen LogP contribution in [-0.2, 0) is 9.59 Å². The number of rotatable bonds is 6. The predicted molar refractivity (Wildman–Crippen MR) is 69.4 cm³/mol. The molecule has 1 aliphatic rings. The van der Waals surface area contributed by atoms with Crippen molar-refractivity contribution in [3.05, 3.63) is 0 Å². The molecule has 0 unspecified atom stereocenters. The van der Waals surface area contributed by atoms with Gasteiger partial charge < -0.3 is 10.0 Å². The Bertz CT molecular complexity index is 319. The molecule has 1 saturated carbocycles. The lowest BCUT2D eigenvalue weighted by Gasteiger charge is -2.35. The van der Waals surface area contributed by atoms with E-state index in [1.54, 1.807) is 4.90 Å². The van der Waals surface area contributed by atoms with Gasteiger partial charge in [-0.15, -0.1) is 0 Å². The van der Waals surface area contributed by atoms with E-state index < -0.39 is 5.97 Å². The molecule has 18 heavy (non-hydrogen) atoms. The molecule has 1 aliphatic carbocycles. The molecule has 104 valence electrons. The topological polar surface area (TPSA) is 60.9 Å². The molecule has 0 atom stereocenters. The Balaban J connectivity index is 2.54. The van der Waals surface area contributed by atoms with Crippen molar-refractivity contribution in [2.45, 2.75) is 51.6 Å². The van der Waals surface area contributed by atoms with Crippen LogP contribution in [0.25, 0.3) is 0 Å². The third kappa shape index (κ3) is 4.64. The number of carboxylic acid groups (broad SMARTS) is 1. The van der Waals surface area contributed by atoms with Gasteiger partial charge in [0.1, 0.15) is 0 Å². The molecule has 5 heteroatoms. The SMILES string of the molecule is CN(C(=O)CN(CCC(=O)O)C(C)(C)C)C1CC1. The molecular formula is C13H24N2O3. The van der Waals surface area contributed by atoms with Crippen molar-refractivity contribution in [3.63, 3.8) is 0 Å². The van der Waals surface area contributed by atoms with Crippen molar-refractivity contribution in [3.8, 4) is 0 Å². The van der Waals surface area contributed by atoms with Crippen molar-refractivity contribution in [2.75, 3.05) is 20.1 Å². The molecule has 1 fully saturated rings. The van der Waals surface area contributed by atoms with E-state index in [4.69, 9.17) is 5.11 Å². The standard InChI is InChI=1S/C13H24N2O3/c1-13(2,3)15(8-7-12(17)18)9-11(16)14(4)10-5-6-10/h10H,5-9H2,1-4H3,(H,17,18). The van der Waals surface area contributed by atoms with E-state index in [1.807, 2.05) is 32.7 Å². The van der Waals surface area contributed by atoms with Crippen LogP contribution in [0.3, 0.4) is 0 Å². The molecule has 0 aromatic rings. The van der Waals surface area contributed by atoms with E-state index in [2.05, 4.69) is 0 Å². The molecule has 0 bridgehead atoms. The summed E-state index contributed by atoms with van der Waals surface area (Å²) in [6.07, 6.45) is 2.25. The van der Waals surface area contributed by atoms with Gasteiger partial charge in [0.25, 0.3) is 0 Å². The Morgan fingerprint density at radius 1 is 1.28 bits per heavy atom. The highest BCUT2D eigenvalue weighted by molar-refractivity contribution is 5.78. The average Bonchev–Trinajstić information content (AvgIpc) is 3.04. The first-order valence-corrected chi connectivity index (χ1v) is 6.44. The molecule has 0 radical (unpaired) electrons. The number of nitrogens with zero attached hydrogens (tertiary/aromatic N) is 2. The van der Waals surface area contributed by atoms with Gasteiger partial charge in [-0.3, -0.25) is 14.5 Å². The Hall–Kier alpha value is -1.10. The second-order valence-electron chi connectivity index (χ2n) is 5.97. The number of likely N-dealkylation sites (N-methyl/N-ethyl adjacent to an activating group) is 1. The van der Waals surface area contributed by atoms with Crippen LogP contribution in [0, 0.1) is 0 Å². The predicted octanol–water partition coefficient (Wildman–Crippen LogP) is 1.18. The maximum absolute atomic E-state index is 12.1. The van der Waals surface area contributed by atoms with Gasteiger partial charge in [0.15, 0.2) is 0 Å². The van der Waals surface area contributed by atoms with Gasteiger partial charge in [-0.05, 0) is 33.6 Å². The van der Waals surface area contributed by atoms with Crippen molar-refractivity contribution in [1.82, 2.24) is 9.80 Å². The molecule has 0 aromatic heterocycles. The van der Waals surface area contributed by atoms with Crippen LogP contribution in [0.4, 0.5) is 0 Å². The van der Waals surface area contributed by atoms with Crippen LogP contribution in [0.15, 0.2) is 0 Å².